The van der Waals surface area contributed by atoms with Crippen LogP contribution in [-0.2, 0) is 6.42 Å². The summed E-state index contributed by atoms with van der Waals surface area (Å²) in [6.07, 6.45) is 7.15. The quantitative estimate of drug-likeness (QED) is 0.560. The zero-order valence-electron chi connectivity index (χ0n) is 11.5. The van der Waals surface area contributed by atoms with Gasteiger partial charge in [-0.1, -0.05) is 43.5 Å². The lowest BCUT2D eigenvalue weighted by Crippen LogP contribution is -2.01. The van der Waals surface area contributed by atoms with E-state index in [1.54, 1.807) is 17.8 Å². The average Bonchev–Trinajstić information content (AvgIpc) is 2.42. The third kappa shape index (κ3) is 6.46. The van der Waals surface area contributed by atoms with Gasteiger partial charge >= 0.3 is 0 Å². The number of hydrogen-bond donors (Lipinski definition) is 1. The minimum absolute atomic E-state index is 0.228. The topological polar surface area (TPSA) is 20.2 Å². The van der Waals surface area contributed by atoms with Crippen molar-refractivity contribution in [2.45, 2.75) is 30.8 Å². The molecular weight excluding hydrogens is 252 g/mol. The van der Waals surface area contributed by atoms with Gasteiger partial charge in [0.05, 0.1) is 6.10 Å². The molecule has 0 aliphatic rings. The highest BCUT2D eigenvalue weighted by molar-refractivity contribution is 7.99. The molecule has 0 saturated heterocycles. The molecule has 0 heterocycles. The molecule has 1 unspecified atom stereocenters. The molecule has 0 bridgehead atoms. The SMILES string of the molecule is C=C/C=C(\C=C)CSc1ccc(CCC(C)O)cc1. The molecule has 0 amide bonds. The Labute approximate surface area is 120 Å². The summed E-state index contributed by atoms with van der Waals surface area (Å²) >= 11 is 1.79. The van der Waals surface area contributed by atoms with Gasteiger partial charge in [0.1, 0.15) is 0 Å². The van der Waals surface area contributed by atoms with Gasteiger partial charge in [-0.05, 0) is 43.0 Å². The lowest BCUT2D eigenvalue weighted by molar-refractivity contribution is 0.185. The second kappa shape index (κ2) is 8.78. The maximum atomic E-state index is 9.26. The van der Waals surface area contributed by atoms with E-state index < -0.39 is 0 Å². The molecule has 0 fully saturated rings. The normalized spacial score (nSPS) is 13.1. The van der Waals surface area contributed by atoms with E-state index in [2.05, 4.69) is 37.4 Å². The van der Waals surface area contributed by atoms with Crippen LogP contribution >= 0.6 is 11.8 Å². The van der Waals surface area contributed by atoms with Crippen molar-refractivity contribution in [2.75, 3.05) is 5.75 Å². The summed E-state index contributed by atoms with van der Waals surface area (Å²) in [6.45, 7) is 9.32. The first-order chi connectivity index (χ1) is 9.15. The van der Waals surface area contributed by atoms with Gasteiger partial charge in [-0.2, -0.15) is 0 Å². The van der Waals surface area contributed by atoms with Crippen molar-refractivity contribution in [2.24, 2.45) is 0 Å². The van der Waals surface area contributed by atoms with Crippen LogP contribution in [0.2, 0.25) is 0 Å². The number of aliphatic hydroxyl groups excluding tert-OH is 1. The molecule has 1 aromatic carbocycles. The van der Waals surface area contributed by atoms with Gasteiger partial charge in [0.25, 0.3) is 0 Å². The highest BCUT2D eigenvalue weighted by atomic mass is 32.2. The van der Waals surface area contributed by atoms with E-state index in [9.17, 15) is 5.11 Å². The standard InChI is InChI=1S/C17H22OS/c1-4-6-15(5-2)13-19-17-11-9-16(10-12-17)8-7-14(3)18/h4-6,9-12,14,18H,1-2,7-8,13H2,3H3/b15-6+. The summed E-state index contributed by atoms with van der Waals surface area (Å²) in [5, 5.41) is 9.26. The molecule has 1 atom stereocenters. The van der Waals surface area contributed by atoms with Crippen LogP contribution in [0, 0.1) is 0 Å². The molecule has 2 heteroatoms. The van der Waals surface area contributed by atoms with Crippen molar-refractivity contribution in [1.29, 1.82) is 0 Å². The Morgan fingerprint density at radius 1 is 1.32 bits per heavy atom. The second-order valence-corrected chi connectivity index (χ2v) is 5.55. The van der Waals surface area contributed by atoms with E-state index in [-0.39, 0.29) is 6.10 Å². The molecule has 1 nitrogen and oxygen atoms in total. The minimum Gasteiger partial charge on any atom is -0.393 e. The van der Waals surface area contributed by atoms with Crippen LogP contribution in [0.1, 0.15) is 18.9 Å². The summed E-state index contributed by atoms with van der Waals surface area (Å²) in [7, 11) is 0. The second-order valence-electron chi connectivity index (χ2n) is 4.50. The molecule has 102 valence electrons. The molecule has 1 rings (SSSR count). The number of aryl methyl sites for hydroxylation is 1. The summed E-state index contributed by atoms with van der Waals surface area (Å²) in [6, 6.07) is 8.54. The zero-order chi connectivity index (χ0) is 14.1. The Balaban J connectivity index is 2.50. The largest absolute Gasteiger partial charge is 0.393 e. The molecule has 1 N–H and O–H groups in total. The molecule has 0 aromatic heterocycles. The number of benzene rings is 1. The highest BCUT2D eigenvalue weighted by Crippen LogP contribution is 2.22. The lowest BCUT2D eigenvalue weighted by atomic mass is 10.1. The van der Waals surface area contributed by atoms with Crippen LogP contribution < -0.4 is 0 Å². The fourth-order valence-electron chi connectivity index (χ4n) is 1.62. The van der Waals surface area contributed by atoms with Gasteiger partial charge < -0.3 is 5.11 Å². The molecular formula is C17H22OS. The Hall–Kier alpha value is -1.25. The number of aliphatic hydroxyl groups is 1. The molecule has 0 aliphatic heterocycles. The van der Waals surface area contributed by atoms with Crippen molar-refractivity contribution >= 4 is 11.8 Å². The van der Waals surface area contributed by atoms with Crippen LogP contribution in [0.25, 0.3) is 0 Å². The van der Waals surface area contributed by atoms with Crippen molar-refractivity contribution < 1.29 is 5.11 Å². The van der Waals surface area contributed by atoms with Gasteiger partial charge in [-0.15, -0.1) is 11.8 Å². The maximum absolute atomic E-state index is 9.26. The van der Waals surface area contributed by atoms with E-state index in [4.69, 9.17) is 0 Å². The molecule has 19 heavy (non-hydrogen) atoms. The van der Waals surface area contributed by atoms with Gasteiger partial charge in [0.2, 0.25) is 0 Å². The Kier molecular flexibility index (Phi) is 7.31. The smallest absolute Gasteiger partial charge is 0.0515 e. The lowest BCUT2D eigenvalue weighted by Gasteiger charge is -2.06. The molecule has 0 saturated carbocycles. The van der Waals surface area contributed by atoms with Crippen molar-refractivity contribution in [1.82, 2.24) is 0 Å². The summed E-state index contributed by atoms with van der Waals surface area (Å²) in [5.74, 6) is 0.905. The molecule has 1 aromatic rings. The van der Waals surface area contributed by atoms with Crippen LogP contribution in [0.15, 0.2) is 66.1 Å². The first-order valence-electron chi connectivity index (χ1n) is 6.49. The predicted molar refractivity (Wildman–Crippen MR) is 85.6 cm³/mol. The zero-order valence-corrected chi connectivity index (χ0v) is 12.3. The number of rotatable bonds is 8. The predicted octanol–water partition coefficient (Wildman–Crippen LogP) is 4.39. The highest BCUT2D eigenvalue weighted by Gasteiger charge is 2.00. The van der Waals surface area contributed by atoms with E-state index in [0.717, 1.165) is 18.6 Å². The number of allylic oxidation sites excluding steroid dienone is 3. The summed E-state index contributed by atoms with van der Waals surface area (Å²) < 4.78 is 0. The fourth-order valence-corrected chi connectivity index (χ4v) is 2.50. The third-order valence-corrected chi connectivity index (χ3v) is 3.86. The van der Waals surface area contributed by atoms with Gasteiger partial charge in [-0.25, -0.2) is 0 Å². The first-order valence-corrected chi connectivity index (χ1v) is 7.48. The van der Waals surface area contributed by atoms with Crippen LogP contribution in [0.5, 0.6) is 0 Å². The van der Waals surface area contributed by atoms with Gasteiger partial charge in [-0.3, -0.25) is 0 Å². The van der Waals surface area contributed by atoms with E-state index in [0.29, 0.717) is 0 Å². The fraction of sp³-hybridized carbons (Fsp3) is 0.294. The summed E-state index contributed by atoms with van der Waals surface area (Å²) in [4.78, 5) is 1.25. The average molecular weight is 274 g/mol. The Morgan fingerprint density at radius 2 is 2.00 bits per heavy atom. The van der Waals surface area contributed by atoms with Crippen LogP contribution in [0.4, 0.5) is 0 Å². The van der Waals surface area contributed by atoms with Gasteiger partial charge in [0, 0.05) is 10.6 Å². The van der Waals surface area contributed by atoms with E-state index in [1.165, 1.54) is 16.0 Å². The van der Waals surface area contributed by atoms with E-state index in [1.807, 2.05) is 19.1 Å². The first kappa shape index (κ1) is 15.8. The molecule has 0 radical (unpaired) electrons. The monoisotopic (exact) mass is 274 g/mol. The maximum Gasteiger partial charge on any atom is 0.0515 e. The Morgan fingerprint density at radius 3 is 2.53 bits per heavy atom. The van der Waals surface area contributed by atoms with Crippen molar-refractivity contribution in [3.05, 3.63) is 66.8 Å². The van der Waals surface area contributed by atoms with Crippen molar-refractivity contribution in [3.8, 4) is 0 Å². The molecule has 0 aliphatic carbocycles. The van der Waals surface area contributed by atoms with Crippen molar-refractivity contribution in [3.63, 3.8) is 0 Å². The Bertz CT molecular complexity index is 429. The van der Waals surface area contributed by atoms with E-state index >= 15 is 0 Å². The number of thioether (sulfide) groups is 1. The third-order valence-electron chi connectivity index (χ3n) is 2.77. The molecule has 0 spiro atoms. The van der Waals surface area contributed by atoms with Crippen LogP contribution in [0.3, 0.4) is 0 Å². The van der Waals surface area contributed by atoms with Crippen LogP contribution in [-0.4, -0.2) is 17.0 Å². The van der Waals surface area contributed by atoms with Gasteiger partial charge in [0.15, 0.2) is 0 Å². The minimum atomic E-state index is -0.228. The summed E-state index contributed by atoms with van der Waals surface area (Å²) in [5.41, 5.74) is 2.45. The number of hydrogen-bond acceptors (Lipinski definition) is 2.